The second-order valence-electron chi connectivity index (χ2n) is 11.1. The Kier molecular flexibility index (Phi) is 6.52. The fraction of sp³-hybridized carbons (Fsp3) is 0.483. The fourth-order valence-electron chi connectivity index (χ4n) is 6.18. The van der Waals surface area contributed by atoms with Gasteiger partial charge in [0.15, 0.2) is 11.6 Å². The van der Waals surface area contributed by atoms with E-state index in [0.717, 1.165) is 38.4 Å². The van der Waals surface area contributed by atoms with E-state index in [1.807, 2.05) is 30.2 Å². The molecule has 3 aliphatic heterocycles. The van der Waals surface area contributed by atoms with Gasteiger partial charge < -0.3 is 14.4 Å². The zero-order chi connectivity index (χ0) is 26.6. The van der Waals surface area contributed by atoms with Crippen LogP contribution in [0.5, 0.6) is 0 Å². The molecule has 7 nitrogen and oxygen atoms in total. The molecule has 0 amide bonds. The third kappa shape index (κ3) is 4.52. The molecule has 5 heterocycles. The first kappa shape index (κ1) is 25.1. The Morgan fingerprint density at radius 2 is 1.79 bits per heavy atom. The lowest BCUT2D eigenvalue weighted by molar-refractivity contribution is 0.125. The van der Waals surface area contributed by atoms with E-state index < -0.39 is 11.6 Å². The molecule has 6 rings (SSSR count). The SMILES string of the molecule is Cc1nc2c(F)cc(-c3nc(N4C=C5CCN(C6CCN(C)CC6)CC5=CC4)ncc3F)cc2n1C(C)C. The Morgan fingerprint density at radius 1 is 1.00 bits per heavy atom. The molecule has 2 aromatic heterocycles. The highest BCUT2D eigenvalue weighted by Crippen LogP contribution is 2.33. The maximum atomic E-state index is 15.1. The van der Waals surface area contributed by atoms with Crippen LogP contribution < -0.4 is 4.90 Å². The number of likely N-dealkylation sites (tertiary alicyclic amines) is 2. The molecule has 0 N–H and O–H groups in total. The van der Waals surface area contributed by atoms with Crippen LogP contribution in [0.3, 0.4) is 0 Å². The standard InChI is InChI=1S/C29H35F2N7/c1-18(2)38-19(3)33-28-24(30)13-22(14-26(28)38)27-25(31)15-32-29(34-27)37-12-6-20-16-36(11-5-21(20)17-37)23-7-9-35(4)10-8-23/h6,13-15,17-18,23H,5,7-12,16H2,1-4H3. The summed E-state index contributed by atoms with van der Waals surface area (Å²) in [6, 6.07) is 3.84. The first-order chi connectivity index (χ1) is 18.3. The van der Waals surface area contributed by atoms with Gasteiger partial charge in [0.1, 0.15) is 17.0 Å². The van der Waals surface area contributed by atoms with Crippen LogP contribution >= 0.6 is 0 Å². The topological polar surface area (TPSA) is 53.3 Å². The van der Waals surface area contributed by atoms with Crippen LogP contribution in [-0.2, 0) is 0 Å². The Hall–Kier alpha value is -3.17. The highest BCUT2D eigenvalue weighted by molar-refractivity contribution is 5.83. The van der Waals surface area contributed by atoms with Gasteiger partial charge in [-0.1, -0.05) is 6.08 Å². The van der Waals surface area contributed by atoms with Gasteiger partial charge in [0.25, 0.3) is 0 Å². The molecule has 3 aromatic rings. The average Bonchev–Trinajstić information content (AvgIpc) is 3.25. The van der Waals surface area contributed by atoms with Crippen molar-refractivity contribution < 1.29 is 8.78 Å². The van der Waals surface area contributed by atoms with Gasteiger partial charge in [0.05, 0.1) is 11.7 Å². The molecule has 2 fully saturated rings. The summed E-state index contributed by atoms with van der Waals surface area (Å²) < 4.78 is 32.0. The Bertz CT molecular complexity index is 1430. The Morgan fingerprint density at radius 3 is 2.55 bits per heavy atom. The molecule has 38 heavy (non-hydrogen) atoms. The molecule has 9 heteroatoms. The minimum absolute atomic E-state index is 0.0901. The van der Waals surface area contributed by atoms with E-state index in [2.05, 4.69) is 44.1 Å². The van der Waals surface area contributed by atoms with E-state index >= 15 is 8.78 Å². The molecule has 0 spiro atoms. The zero-order valence-electron chi connectivity index (χ0n) is 22.6. The number of benzene rings is 1. The van der Waals surface area contributed by atoms with E-state index in [4.69, 9.17) is 0 Å². The molecule has 3 aliphatic rings. The van der Waals surface area contributed by atoms with Gasteiger partial charge in [0.2, 0.25) is 5.95 Å². The lowest BCUT2D eigenvalue weighted by atomic mass is 9.93. The second-order valence-corrected chi connectivity index (χ2v) is 11.1. The summed E-state index contributed by atoms with van der Waals surface area (Å²) in [5.74, 6) is 0.0751. The molecule has 2 saturated heterocycles. The molecule has 200 valence electrons. The Balaban J connectivity index is 1.26. The van der Waals surface area contributed by atoms with E-state index in [9.17, 15) is 0 Å². The van der Waals surface area contributed by atoms with Crippen molar-refractivity contribution in [2.45, 2.75) is 52.1 Å². The van der Waals surface area contributed by atoms with Crippen LogP contribution in [0.2, 0.25) is 0 Å². The van der Waals surface area contributed by atoms with Crippen molar-refractivity contribution in [3.05, 3.63) is 59.2 Å². The Labute approximate surface area is 222 Å². The number of aromatic nitrogens is 4. The van der Waals surface area contributed by atoms with Crippen molar-refractivity contribution in [2.24, 2.45) is 0 Å². The van der Waals surface area contributed by atoms with E-state index in [-0.39, 0.29) is 11.7 Å². The van der Waals surface area contributed by atoms with Crippen molar-refractivity contribution in [1.29, 1.82) is 0 Å². The first-order valence-corrected chi connectivity index (χ1v) is 13.6. The first-order valence-electron chi connectivity index (χ1n) is 13.6. The van der Waals surface area contributed by atoms with Crippen molar-refractivity contribution in [3.8, 4) is 11.3 Å². The molecular formula is C29H35F2N7. The highest BCUT2D eigenvalue weighted by Gasteiger charge is 2.29. The molecule has 0 aliphatic carbocycles. The summed E-state index contributed by atoms with van der Waals surface area (Å²) in [6.45, 7) is 10.9. The molecule has 0 atom stereocenters. The van der Waals surface area contributed by atoms with E-state index in [1.54, 1.807) is 6.07 Å². The summed E-state index contributed by atoms with van der Waals surface area (Å²) in [5.41, 5.74) is 4.06. The molecule has 0 saturated carbocycles. The fourth-order valence-corrected chi connectivity index (χ4v) is 6.18. The summed E-state index contributed by atoms with van der Waals surface area (Å²) in [6.07, 6.45) is 8.97. The second kappa shape index (κ2) is 9.85. The van der Waals surface area contributed by atoms with Crippen LogP contribution in [0.1, 0.15) is 45.0 Å². The summed E-state index contributed by atoms with van der Waals surface area (Å²) in [4.78, 5) is 20.3. The maximum Gasteiger partial charge on any atom is 0.230 e. The number of hydrogen-bond donors (Lipinski definition) is 0. The van der Waals surface area contributed by atoms with Gasteiger partial charge in [-0.3, -0.25) is 4.90 Å². The largest absolute Gasteiger partial charge is 0.326 e. The molecule has 0 unspecified atom stereocenters. The van der Waals surface area contributed by atoms with Crippen molar-refractivity contribution in [1.82, 2.24) is 29.3 Å². The lowest BCUT2D eigenvalue weighted by Gasteiger charge is -2.41. The number of rotatable bonds is 4. The predicted octanol–water partition coefficient (Wildman–Crippen LogP) is 5.09. The smallest absolute Gasteiger partial charge is 0.230 e. The third-order valence-electron chi connectivity index (χ3n) is 8.21. The van der Waals surface area contributed by atoms with Crippen LogP contribution in [0, 0.1) is 18.6 Å². The highest BCUT2D eigenvalue weighted by atomic mass is 19.1. The van der Waals surface area contributed by atoms with Crippen LogP contribution in [0.4, 0.5) is 14.7 Å². The normalized spacial score (nSPS) is 19.7. The number of fused-ring (bicyclic) bond motifs is 2. The average molecular weight is 520 g/mol. The molecule has 0 radical (unpaired) electrons. The number of anilines is 1. The lowest BCUT2D eigenvalue weighted by Crippen LogP contribution is -2.47. The number of halogens is 2. The summed E-state index contributed by atoms with van der Waals surface area (Å²) in [5, 5.41) is 0. The van der Waals surface area contributed by atoms with E-state index in [1.165, 1.54) is 36.3 Å². The van der Waals surface area contributed by atoms with Gasteiger partial charge in [-0.05, 0) is 83.4 Å². The number of piperidine rings is 2. The van der Waals surface area contributed by atoms with Gasteiger partial charge in [-0.2, -0.15) is 0 Å². The van der Waals surface area contributed by atoms with E-state index in [0.29, 0.717) is 35.1 Å². The van der Waals surface area contributed by atoms with Gasteiger partial charge >= 0.3 is 0 Å². The number of nitrogens with zero attached hydrogens (tertiary/aromatic N) is 7. The minimum Gasteiger partial charge on any atom is -0.326 e. The zero-order valence-corrected chi connectivity index (χ0v) is 22.6. The van der Waals surface area contributed by atoms with Crippen molar-refractivity contribution in [2.75, 3.05) is 44.7 Å². The van der Waals surface area contributed by atoms with Gasteiger partial charge in [0, 0.05) is 43.5 Å². The van der Waals surface area contributed by atoms with Crippen LogP contribution in [-0.4, -0.2) is 75.1 Å². The van der Waals surface area contributed by atoms with Gasteiger partial charge in [-0.15, -0.1) is 0 Å². The van der Waals surface area contributed by atoms with Crippen LogP contribution in [0.15, 0.2) is 41.8 Å². The molecular weight excluding hydrogens is 484 g/mol. The number of hydrogen-bond acceptors (Lipinski definition) is 6. The van der Waals surface area contributed by atoms with Gasteiger partial charge in [-0.25, -0.2) is 23.7 Å². The maximum absolute atomic E-state index is 15.1. The van der Waals surface area contributed by atoms with Crippen molar-refractivity contribution >= 4 is 17.0 Å². The molecule has 0 bridgehead atoms. The third-order valence-corrected chi connectivity index (χ3v) is 8.21. The molecule has 1 aromatic carbocycles. The quantitative estimate of drug-likeness (QED) is 0.479. The van der Waals surface area contributed by atoms with Crippen molar-refractivity contribution in [3.63, 3.8) is 0 Å². The van der Waals surface area contributed by atoms with Crippen LogP contribution in [0.25, 0.3) is 22.3 Å². The number of aryl methyl sites for hydroxylation is 1. The predicted molar refractivity (Wildman–Crippen MR) is 146 cm³/mol. The summed E-state index contributed by atoms with van der Waals surface area (Å²) in [7, 11) is 2.20. The monoisotopic (exact) mass is 519 g/mol. The summed E-state index contributed by atoms with van der Waals surface area (Å²) >= 11 is 0. The minimum atomic E-state index is -0.577. The number of imidazole rings is 1.